The fourth-order valence-corrected chi connectivity index (χ4v) is 3.58. The molecule has 1 aliphatic heterocycles. The third kappa shape index (κ3) is 1.91. The second-order valence-corrected chi connectivity index (χ2v) is 5.88. The van der Waals surface area contributed by atoms with Crippen molar-refractivity contribution in [3.05, 3.63) is 17.3 Å². The zero-order chi connectivity index (χ0) is 12.5. The van der Waals surface area contributed by atoms with E-state index in [9.17, 15) is 0 Å². The molecule has 2 aromatic rings. The molecule has 1 saturated heterocycles. The zero-order valence-corrected chi connectivity index (χ0v) is 11.6. The molecule has 4 nitrogen and oxygen atoms in total. The number of aromatic nitrogens is 2. The number of nitrogens with zero attached hydrogens (tertiary/aromatic N) is 3. The highest BCUT2D eigenvalue weighted by molar-refractivity contribution is 7.15. The molecule has 1 aliphatic rings. The van der Waals surface area contributed by atoms with E-state index in [1.165, 1.54) is 19.3 Å². The second kappa shape index (κ2) is 4.90. The maximum absolute atomic E-state index is 5.91. The minimum absolute atomic E-state index is 0.556. The Balaban J connectivity index is 1.95. The van der Waals surface area contributed by atoms with Crippen molar-refractivity contribution in [3.8, 4) is 0 Å². The molecular formula is C13H20N4S. The average molecular weight is 264 g/mol. The number of fused-ring (bicyclic) bond motifs is 1. The predicted octanol–water partition coefficient (Wildman–Crippen LogP) is 2.48. The number of rotatable bonds is 3. The van der Waals surface area contributed by atoms with Crippen LogP contribution in [0.4, 0.5) is 5.82 Å². The SMILES string of the molecule is CCC1CCCN(c2nc3sccn3c2CN)C1. The van der Waals surface area contributed by atoms with Crippen molar-refractivity contribution >= 4 is 22.1 Å². The first-order valence-electron chi connectivity index (χ1n) is 6.73. The van der Waals surface area contributed by atoms with Gasteiger partial charge in [-0.05, 0) is 18.8 Å². The number of hydrogen-bond donors (Lipinski definition) is 1. The fraction of sp³-hybridized carbons (Fsp3) is 0.615. The number of thiazole rings is 1. The van der Waals surface area contributed by atoms with Gasteiger partial charge in [-0.3, -0.25) is 4.40 Å². The summed E-state index contributed by atoms with van der Waals surface area (Å²) < 4.78 is 2.13. The van der Waals surface area contributed by atoms with Gasteiger partial charge in [-0.2, -0.15) is 0 Å². The van der Waals surface area contributed by atoms with Gasteiger partial charge in [0, 0.05) is 31.2 Å². The molecule has 18 heavy (non-hydrogen) atoms. The van der Waals surface area contributed by atoms with Crippen LogP contribution in [0.3, 0.4) is 0 Å². The lowest BCUT2D eigenvalue weighted by Crippen LogP contribution is -2.36. The van der Waals surface area contributed by atoms with E-state index in [4.69, 9.17) is 10.7 Å². The van der Waals surface area contributed by atoms with E-state index >= 15 is 0 Å². The van der Waals surface area contributed by atoms with E-state index in [1.54, 1.807) is 11.3 Å². The first kappa shape index (κ1) is 12.0. The van der Waals surface area contributed by atoms with Crippen LogP contribution in [-0.2, 0) is 6.54 Å². The van der Waals surface area contributed by atoms with Crippen molar-refractivity contribution in [1.29, 1.82) is 0 Å². The van der Waals surface area contributed by atoms with Crippen LogP contribution >= 0.6 is 11.3 Å². The van der Waals surface area contributed by atoms with Crippen molar-refractivity contribution in [2.24, 2.45) is 11.7 Å². The quantitative estimate of drug-likeness (QED) is 0.926. The van der Waals surface area contributed by atoms with Gasteiger partial charge in [0.15, 0.2) is 10.8 Å². The van der Waals surface area contributed by atoms with Crippen LogP contribution in [0.2, 0.25) is 0 Å². The average Bonchev–Trinajstić information content (AvgIpc) is 2.98. The third-order valence-corrected chi connectivity index (χ3v) is 4.69. The molecule has 3 heterocycles. The summed E-state index contributed by atoms with van der Waals surface area (Å²) in [6, 6.07) is 0. The Morgan fingerprint density at radius 2 is 2.44 bits per heavy atom. The van der Waals surface area contributed by atoms with Crippen molar-refractivity contribution in [2.75, 3.05) is 18.0 Å². The van der Waals surface area contributed by atoms with Gasteiger partial charge in [-0.1, -0.05) is 13.3 Å². The highest BCUT2D eigenvalue weighted by Crippen LogP contribution is 2.29. The molecule has 2 N–H and O–H groups in total. The highest BCUT2D eigenvalue weighted by atomic mass is 32.1. The lowest BCUT2D eigenvalue weighted by atomic mass is 9.95. The van der Waals surface area contributed by atoms with Gasteiger partial charge in [0.25, 0.3) is 0 Å². The smallest absolute Gasteiger partial charge is 0.195 e. The molecule has 5 heteroatoms. The lowest BCUT2D eigenvalue weighted by molar-refractivity contribution is 0.403. The molecule has 0 amide bonds. The summed E-state index contributed by atoms with van der Waals surface area (Å²) in [5, 5.41) is 2.07. The summed E-state index contributed by atoms with van der Waals surface area (Å²) in [5.74, 6) is 1.92. The number of hydrogen-bond acceptors (Lipinski definition) is 4. The number of imidazole rings is 1. The molecule has 0 aromatic carbocycles. The maximum atomic E-state index is 5.91. The van der Waals surface area contributed by atoms with Crippen LogP contribution < -0.4 is 10.6 Å². The summed E-state index contributed by atoms with van der Waals surface area (Å²) in [7, 11) is 0. The standard InChI is InChI=1S/C13H20N4S/c1-2-10-4-3-5-16(9-10)12-11(8-14)17-6-7-18-13(17)15-12/h6-7,10H,2-5,8-9,14H2,1H3. The Kier molecular flexibility index (Phi) is 3.26. The largest absolute Gasteiger partial charge is 0.355 e. The minimum Gasteiger partial charge on any atom is -0.355 e. The molecule has 1 atom stereocenters. The van der Waals surface area contributed by atoms with Gasteiger partial charge in [0.05, 0.1) is 5.69 Å². The number of piperidine rings is 1. The van der Waals surface area contributed by atoms with Crippen molar-refractivity contribution < 1.29 is 0 Å². The summed E-state index contributed by atoms with van der Waals surface area (Å²) in [6.45, 7) is 5.09. The minimum atomic E-state index is 0.556. The Labute approximate surface area is 111 Å². The predicted molar refractivity (Wildman–Crippen MR) is 76.2 cm³/mol. The van der Waals surface area contributed by atoms with Crippen LogP contribution in [0.25, 0.3) is 4.96 Å². The zero-order valence-electron chi connectivity index (χ0n) is 10.8. The molecule has 0 radical (unpaired) electrons. The number of anilines is 1. The summed E-state index contributed by atoms with van der Waals surface area (Å²) in [5.41, 5.74) is 7.07. The first-order chi connectivity index (χ1) is 8.83. The van der Waals surface area contributed by atoms with Crippen molar-refractivity contribution in [3.63, 3.8) is 0 Å². The van der Waals surface area contributed by atoms with E-state index in [2.05, 4.69) is 27.8 Å². The molecule has 1 fully saturated rings. The van der Waals surface area contributed by atoms with Gasteiger partial charge >= 0.3 is 0 Å². The van der Waals surface area contributed by atoms with Crippen LogP contribution in [0.5, 0.6) is 0 Å². The molecule has 1 unspecified atom stereocenters. The normalized spacial score (nSPS) is 20.8. The Bertz CT molecular complexity index is 530. The molecule has 3 rings (SSSR count). The molecule has 0 bridgehead atoms. The fourth-order valence-electron chi connectivity index (χ4n) is 2.85. The monoisotopic (exact) mass is 264 g/mol. The van der Waals surface area contributed by atoms with Gasteiger partial charge in [0.2, 0.25) is 0 Å². The molecule has 2 aromatic heterocycles. The lowest BCUT2D eigenvalue weighted by Gasteiger charge is -2.33. The topological polar surface area (TPSA) is 46.6 Å². The first-order valence-corrected chi connectivity index (χ1v) is 7.61. The van der Waals surface area contributed by atoms with Crippen LogP contribution in [-0.4, -0.2) is 22.5 Å². The van der Waals surface area contributed by atoms with Gasteiger partial charge < -0.3 is 10.6 Å². The Morgan fingerprint density at radius 1 is 1.56 bits per heavy atom. The van der Waals surface area contributed by atoms with E-state index in [1.807, 2.05) is 0 Å². The van der Waals surface area contributed by atoms with Gasteiger partial charge in [-0.25, -0.2) is 4.98 Å². The van der Waals surface area contributed by atoms with Gasteiger partial charge in [0.1, 0.15) is 0 Å². The maximum Gasteiger partial charge on any atom is 0.195 e. The van der Waals surface area contributed by atoms with Crippen LogP contribution in [0, 0.1) is 5.92 Å². The van der Waals surface area contributed by atoms with E-state index in [-0.39, 0.29) is 0 Å². The Hall–Kier alpha value is -1.07. The van der Waals surface area contributed by atoms with Crippen molar-refractivity contribution in [2.45, 2.75) is 32.7 Å². The van der Waals surface area contributed by atoms with Gasteiger partial charge in [-0.15, -0.1) is 11.3 Å². The molecule has 98 valence electrons. The highest BCUT2D eigenvalue weighted by Gasteiger charge is 2.23. The molecule has 0 spiro atoms. The van der Waals surface area contributed by atoms with Crippen LogP contribution in [0.1, 0.15) is 31.9 Å². The molecule has 0 saturated carbocycles. The third-order valence-electron chi connectivity index (χ3n) is 3.93. The summed E-state index contributed by atoms with van der Waals surface area (Å²) in [6.07, 6.45) is 5.96. The second-order valence-electron chi connectivity index (χ2n) is 5.00. The molecular weight excluding hydrogens is 244 g/mol. The van der Waals surface area contributed by atoms with Crippen LogP contribution in [0.15, 0.2) is 11.6 Å². The molecule has 0 aliphatic carbocycles. The van der Waals surface area contributed by atoms with Crippen molar-refractivity contribution in [1.82, 2.24) is 9.38 Å². The van der Waals surface area contributed by atoms with E-state index in [0.717, 1.165) is 35.5 Å². The Morgan fingerprint density at radius 3 is 3.22 bits per heavy atom. The summed E-state index contributed by atoms with van der Waals surface area (Å²) >= 11 is 1.68. The number of nitrogens with two attached hydrogens (primary N) is 1. The summed E-state index contributed by atoms with van der Waals surface area (Å²) in [4.78, 5) is 8.25. The van der Waals surface area contributed by atoms with E-state index < -0.39 is 0 Å². The van der Waals surface area contributed by atoms with E-state index in [0.29, 0.717) is 6.54 Å².